The minimum atomic E-state index is -0.126. The molecule has 1 aromatic rings. The molecule has 0 bridgehead atoms. The van der Waals surface area contributed by atoms with Gasteiger partial charge in [-0.1, -0.05) is 13.8 Å². The van der Waals surface area contributed by atoms with Gasteiger partial charge in [-0.2, -0.15) is 0 Å². The second-order valence-corrected chi connectivity index (χ2v) is 3.95. The predicted molar refractivity (Wildman–Crippen MR) is 67.2 cm³/mol. The highest BCUT2D eigenvalue weighted by molar-refractivity contribution is 6.18. The van der Waals surface area contributed by atoms with Crippen LogP contribution in [0.4, 0.5) is 5.95 Å². The number of anilines is 1. The number of carbonyl (C=O) groups excluding carboxylic acids is 1. The van der Waals surface area contributed by atoms with Crippen molar-refractivity contribution in [1.82, 2.24) is 15.2 Å². The molecule has 1 rings (SSSR count). The molecule has 0 aromatic carbocycles. The smallest absolute Gasteiger partial charge is 0.249 e. The highest BCUT2D eigenvalue weighted by Crippen LogP contribution is 2.07. The topological polar surface area (TPSA) is 67.8 Å². The highest BCUT2D eigenvalue weighted by atomic mass is 35.5. The number of nitrogens with zero attached hydrogens (tertiary/aromatic N) is 3. The third-order valence-electron chi connectivity index (χ3n) is 2.30. The quantitative estimate of drug-likeness (QED) is 0.790. The van der Waals surface area contributed by atoms with Gasteiger partial charge in [-0.15, -0.1) is 21.8 Å². The molecule has 0 saturated carbocycles. The number of carbonyl (C=O) groups is 1. The van der Waals surface area contributed by atoms with Gasteiger partial charge in [0.25, 0.3) is 0 Å². The summed E-state index contributed by atoms with van der Waals surface area (Å²) in [5.41, 5.74) is 1.77. The van der Waals surface area contributed by atoms with Gasteiger partial charge in [-0.25, -0.2) is 4.98 Å². The molecule has 1 heterocycles. The van der Waals surface area contributed by atoms with Crippen LogP contribution < -0.4 is 5.32 Å². The Bertz CT molecular complexity index is 384. The van der Waals surface area contributed by atoms with Crippen molar-refractivity contribution in [3.8, 4) is 0 Å². The maximum Gasteiger partial charge on any atom is 0.249 e. The minimum absolute atomic E-state index is 0.126. The van der Waals surface area contributed by atoms with Crippen molar-refractivity contribution < 1.29 is 4.79 Å². The van der Waals surface area contributed by atoms with Crippen LogP contribution in [0.2, 0.25) is 0 Å². The van der Waals surface area contributed by atoms with Crippen molar-refractivity contribution in [2.75, 3.05) is 11.2 Å². The number of halogens is 1. The lowest BCUT2D eigenvalue weighted by Crippen LogP contribution is -2.16. The first-order chi connectivity index (χ1) is 8.21. The van der Waals surface area contributed by atoms with Gasteiger partial charge in [0.2, 0.25) is 11.9 Å². The minimum Gasteiger partial charge on any atom is -0.293 e. The Kier molecular flexibility index (Phi) is 5.83. The van der Waals surface area contributed by atoms with Gasteiger partial charge in [0.05, 0.1) is 11.4 Å². The van der Waals surface area contributed by atoms with Crippen LogP contribution in [-0.2, 0) is 17.6 Å². The molecule has 94 valence electrons. The summed E-state index contributed by atoms with van der Waals surface area (Å²) in [6, 6.07) is 0. The van der Waals surface area contributed by atoms with Crippen LogP contribution in [0.1, 0.15) is 38.1 Å². The SMILES string of the molecule is CCc1nnc(NC(=O)CCCCl)nc1CC. The van der Waals surface area contributed by atoms with Crippen molar-refractivity contribution >= 4 is 23.5 Å². The van der Waals surface area contributed by atoms with Crippen LogP contribution in [0.25, 0.3) is 0 Å². The van der Waals surface area contributed by atoms with Crippen molar-refractivity contribution in [1.29, 1.82) is 0 Å². The van der Waals surface area contributed by atoms with Gasteiger partial charge in [-0.3, -0.25) is 10.1 Å². The van der Waals surface area contributed by atoms with Gasteiger partial charge in [0.1, 0.15) is 0 Å². The van der Waals surface area contributed by atoms with Crippen LogP contribution in [0.5, 0.6) is 0 Å². The molecule has 0 spiro atoms. The fourth-order valence-corrected chi connectivity index (χ4v) is 1.54. The fraction of sp³-hybridized carbons (Fsp3) is 0.636. The third kappa shape index (κ3) is 4.26. The van der Waals surface area contributed by atoms with Gasteiger partial charge in [0, 0.05) is 12.3 Å². The van der Waals surface area contributed by atoms with E-state index >= 15 is 0 Å². The van der Waals surface area contributed by atoms with Crippen LogP contribution >= 0.6 is 11.6 Å². The van der Waals surface area contributed by atoms with E-state index in [2.05, 4.69) is 20.5 Å². The number of rotatable bonds is 6. The lowest BCUT2D eigenvalue weighted by atomic mass is 10.2. The molecule has 1 N–H and O–H groups in total. The predicted octanol–water partition coefficient (Wildman–Crippen LogP) is 1.95. The summed E-state index contributed by atoms with van der Waals surface area (Å²) >= 11 is 5.51. The maximum atomic E-state index is 11.4. The van der Waals surface area contributed by atoms with E-state index in [0.717, 1.165) is 24.2 Å². The first kappa shape index (κ1) is 13.8. The molecule has 0 radical (unpaired) electrons. The molecule has 5 nitrogen and oxygen atoms in total. The molecule has 1 aromatic heterocycles. The largest absolute Gasteiger partial charge is 0.293 e. The third-order valence-corrected chi connectivity index (χ3v) is 2.57. The van der Waals surface area contributed by atoms with E-state index in [1.54, 1.807) is 0 Å². The monoisotopic (exact) mass is 256 g/mol. The molecular formula is C11H17ClN4O. The molecule has 0 fully saturated rings. The number of aryl methyl sites for hydroxylation is 2. The second kappa shape index (κ2) is 7.17. The van der Waals surface area contributed by atoms with Crippen molar-refractivity contribution in [3.63, 3.8) is 0 Å². The van der Waals surface area contributed by atoms with Gasteiger partial charge in [0.15, 0.2) is 0 Å². The number of hydrogen-bond donors (Lipinski definition) is 1. The fourth-order valence-electron chi connectivity index (χ4n) is 1.41. The normalized spacial score (nSPS) is 10.3. The molecule has 0 aliphatic rings. The lowest BCUT2D eigenvalue weighted by Gasteiger charge is -2.06. The average Bonchev–Trinajstić information content (AvgIpc) is 2.36. The first-order valence-corrected chi connectivity index (χ1v) is 6.33. The van der Waals surface area contributed by atoms with E-state index < -0.39 is 0 Å². The molecule has 0 saturated heterocycles. The van der Waals surface area contributed by atoms with E-state index in [4.69, 9.17) is 11.6 Å². The number of nitrogens with one attached hydrogen (secondary N) is 1. The van der Waals surface area contributed by atoms with Crippen molar-refractivity contribution in [2.45, 2.75) is 39.5 Å². The molecule has 6 heteroatoms. The van der Waals surface area contributed by atoms with Gasteiger partial charge >= 0.3 is 0 Å². The van der Waals surface area contributed by atoms with E-state index in [1.165, 1.54) is 0 Å². The van der Waals surface area contributed by atoms with Gasteiger partial charge in [-0.05, 0) is 19.3 Å². The number of aromatic nitrogens is 3. The Balaban J connectivity index is 2.68. The molecule has 0 unspecified atom stereocenters. The van der Waals surface area contributed by atoms with Crippen LogP contribution in [0.3, 0.4) is 0 Å². The van der Waals surface area contributed by atoms with E-state index in [1.807, 2.05) is 13.8 Å². The van der Waals surface area contributed by atoms with Gasteiger partial charge < -0.3 is 0 Å². The summed E-state index contributed by atoms with van der Waals surface area (Å²) in [7, 11) is 0. The lowest BCUT2D eigenvalue weighted by molar-refractivity contribution is -0.116. The maximum absolute atomic E-state index is 11.4. The van der Waals surface area contributed by atoms with E-state index in [-0.39, 0.29) is 11.9 Å². The summed E-state index contributed by atoms with van der Waals surface area (Å²) in [4.78, 5) is 15.7. The summed E-state index contributed by atoms with van der Waals surface area (Å²) in [5.74, 6) is 0.624. The number of alkyl halides is 1. The summed E-state index contributed by atoms with van der Waals surface area (Å²) < 4.78 is 0. The zero-order valence-corrected chi connectivity index (χ0v) is 10.9. The standard InChI is InChI=1S/C11H17ClN4O/c1-3-8-9(4-2)15-16-11(13-8)14-10(17)6-5-7-12/h3-7H2,1-2H3,(H,13,14,16,17). The highest BCUT2D eigenvalue weighted by Gasteiger charge is 2.08. The molecule has 0 atom stereocenters. The van der Waals surface area contributed by atoms with Crippen LogP contribution in [-0.4, -0.2) is 27.0 Å². The first-order valence-electron chi connectivity index (χ1n) is 5.79. The summed E-state index contributed by atoms with van der Waals surface area (Å²) in [6.07, 6.45) is 2.60. The zero-order chi connectivity index (χ0) is 12.7. The summed E-state index contributed by atoms with van der Waals surface area (Å²) in [6.45, 7) is 4.01. The molecule has 0 aliphatic carbocycles. The van der Waals surface area contributed by atoms with E-state index in [9.17, 15) is 4.79 Å². The Morgan fingerprint density at radius 3 is 2.53 bits per heavy atom. The van der Waals surface area contributed by atoms with Crippen LogP contribution in [0, 0.1) is 0 Å². The van der Waals surface area contributed by atoms with Crippen LogP contribution in [0.15, 0.2) is 0 Å². The van der Waals surface area contributed by atoms with E-state index in [0.29, 0.717) is 18.7 Å². The molecule has 0 aliphatic heterocycles. The Hall–Kier alpha value is -1.23. The zero-order valence-electron chi connectivity index (χ0n) is 10.2. The number of amides is 1. The van der Waals surface area contributed by atoms with Crippen molar-refractivity contribution in [3.05, 3.63) is 11.4 Å². The second-order valence-electron chi connectivity index (χ2n) is 3.58. The average molecular weight is 257 g/mol. The molecule has 1 amide bonds. The summed E-state index contributed by atoms with van der Waals surface area (Å²) in [5, 5.41) is 10.5. The molecular weight excluding hydrogens is 240 g/mol. The Morgan fingerprint density at radius 1 is 1.24 bits per heavy atom. The van der Waals surface area contributed by atoms with Crippen molar-refractivity contribution in [2.24, 2.45) is 0 Å². The Labute approximate surface area is 106 Å². The number of hydrogen-bond acceptors (Lipinski definition) is 4. The molecule has 17 heavy (non-hydrogen) atoms. The Morgan fingerprint density at radius 2 is 1.94 bits per heavy atom.